The lowest BCUT2D eigenvalue weighted by atomic mass is 10.3. The van der Waals surface area contributed by atoms with Gasteiger partial charge in [0.05, 0.1) is 6.20 Å². The highest BCUT2D eigenvalue weighted by Gasteiger charge is 2.10. The second-order valence-electron chi connectivity index (χ2n) is 3.69. The third-order valence-corrected chi connectivity index (χ3v) is 1.84. The fourth-order valence-corrected chi connectivity index (χ4v) is 1.06. The molecule has 1 aromatic heterocycles. The van der Waals surface area contributed by atoms with Crippen molar-refractivity contribution in [2.24, 2.45) is 0 Å². The average Bonchev–Trinajstić information content (AvgIpc) is 2.64. The first-order valence-electron chi connectivity index (χ1n) is 5.02. The Morgan fingerprint density at radius 2 is 2.24 bits per heavy atom. The van der Waals surface area contributed by atoms with Crippen LogP contribution in [0.1, 0.15) is 24.3 Å². The number of rotatable bonds is 5. The number of allylic oxidation sites excluding steroid dienone is 1. The van der Waals surface area contributed by atoms with Crippen LogP contribution in [0.3, 0.4) is 0 Å². The molecule has 1 rings (SSSR count). The predicted molar refractivity (Wildman–Crippen MR) is 59.4 cm³/mol. The Bertz CT molecular complexity index is 446. The number of carbonyl (C=O) groups is 2. The Balaban J connectivity index is 2.55. The number of hydrogen-bond donors (Lipinski definition) is 2. The Morgan fingerprint density at radius 3 is 2.82 bits per heavy atom. The number of hydrogen-bond acceptors (Lipinski definition) is 4. The number of aromatic nitrogens is 3. The quantitative estimate of drug-likeness (QED) is 0.707. The molecule has 1 amide bonds. The first-order valence-corrected chi connectivity index (χ1v) is 5.02. The zero-order valence-corrected chi connectivity index (χ0v) is 9.67. The molecular weight excluding hydrogens is 224 g/mol. The molecule has 2 N–H and O–H groups in total. The Morgan fingerprint density at radius 1 is 1.53 bits per heavy atom. The Kier molecular flexibility index (Phi) is 4.38. The summed E-state index contributed by atoms with van der Waals surface area (Å²) in [4.78, 5) is 21.9. The largest absolute Gasteiger partial charge is 0.480 e. The molecule has 0 aliphatic carbocycles. The monoisotopic (exact) mass is 238 g/mol. The van der Waals surface area contributed by atoms with Crippen LogP contribution in [0.5, 0.6) is 0 Å². The van der Waals surface area contributed by atoms with Gasteiger partial charge in [-0.3, -0.25) is 9.59 Å². The minimum atomic E-state index is -1.04. The van der Waals surface area contributed by atoms with Crippen molar-refractivity contribution in [3.05, 3.63) is 23.5 Å². The van der Waals surface area contributed by atoms with Crippen molar-refractivity contribution in [2.75, 3.05) is 6.54 Å². The normalized spacial score (nSPS) is 9.76. The standard InChI is InChI=1S/C10H14N4O3/c1-7(2)3-4-11-10(17)8-5-14(13-12-8)6-9(15)16/h3,5H,4,6H2,1-2H3,(H,11,17)(H,15,16). The summed E-state index contributed by atoms with van der Waals surface area (Å²) in [5, 5.41) is 18.3. The van der Waals surface area contributed by atoms with E-state index in [4.69, 9.17) is 5.11 Å². The number of carboxylic acids is 1. The number of carboxylic acid groups (broad SMARTS) is 1. The summed E-state index contributed by atoms with van der Waals surface area (Å²) in [5.74, 6) is -1.41. The van der Waals surface area contributed by atoms with Gasteiger partial charge in [-0.1, -0.05) is 16.9 Å². The summed E-state index contributed by atoms with van der Waals surface area (Å²) < 4.78 is 1.10. The average molecular weight is 238 g/mol. The maximum atomic E-state index is 11.5. The van der Waals surface area contributed by atoms with Crippen LogP contribution < -0.4 is 5.32 Å². The van der Waals surface area contributed by atoms with Gasteiger partial charge in [-0.15, -0.1) is 5.10 Å². The summed E-state index contributed by atoms with van der Waals surface area (Å²) in [6.07, 6.45) is 3.16. The van der Waals surface area contributed by atoms with E-state index in [1.807, 2.05) is 19.9 Å². The summed E-state index contributed by atoms with van der Waals surface area (Å²) in [5.41, 5.74) is 1.20. The van der Waals surface area contributed by atoms with Crippen molar-refractivity contribution in [3.63, 3.8) is 0 Å². The molecular formula is C10H14N4O3. The van der Waals surface area contributed by atoms with Crippen LogP contribution in [0.15, 0.2) is 17.8 Å². The smallest absolute Gasteiger partial charge is 0.325 e. The molecule has 0 radical (unpaired) electrons. The van der Waals surface area contributed by atoms with Crippen LogP contribution in [0.4, 0.5) is 0 Å². The molecule has 1 aromatic rings. The molecule has 7 heteroatoms. The van der Waals surface area contributed by atoms with Crippen molar-refractivity contribution in [2.45, 2.75) is 20.4 Å². The fourth-order valence-electron chi connectivity index (χ4n) is 1.06. The third kappa shape index (κ3) is 4.45. The van der Waals surface area contributed by atoms with E-state index in [0.717, 1.165) is 10.3 Å². The zero-order valence-electron chi connectivity index (χ0n) is 9.67. The van der Waals surface area contributed by atoms with E-state index >= 15 is 0 Å². The molecule has 0 saturated carbocycles. The first kappa shape index (κ1) is 12.9. The molecule has 0 bridgehead atoms. The molecule has 1 heterocycles. The lowest BCUT2D eigenvalue weighted by molar-refractivity contribution is -0.137. The molecule has 0 aromatic carbocycles. The van der Waals surface area contributed by atoms with Crippen molar-refractivity contribution in [3.8, 4) is 0 Å². The number of nitrogens with zero attached hydrogens (tertiary/aromatic N) is 3. The molecule has 0 fully saturated rings. The van der Waals surface area contributed by atoms with E-state index < -0.39 is 5.97 Å². The molecule has 0 saturated heterocycles. The Hall–Kier alpha value is -2.18. The van der Waals surface area contributed by atoms with Crippen molar-refractivity contribution < 1.29 is 14.7 Å². The molecule has 0 atom stereocenters. The van der Waals surface area contributed by atoms with E-state index in [2.05, 4.69) is 15.6 Å². The van der Waals surface area contributed by atoms with Crippen molar-refractivity contribution in [1.29, 1.82) is 0 Å². The lowest BCUT2D eigenvalue weighted by Gasteiger charge is -1.98. The topological polar surface area (TPSA) is 97.1 Å². The molecule has 7 nitrogen and oxygen atoms in total. The van der Waals surface area contributed by atoms with Gasteiger partial charge in [-0.05, 0) is 13.8 Å². The van der Waals surface area contributed by atoms with E-state index in [1.54, 1.807) is 0 Å². The molecule has 0 aliphatic rings. The van der Waals surface area contributed by atoms with E-state index in [9.17, 15) is 9.59 Å². The second-order valence-corrected chi connectivity index (χ2v) is 3.69. The van der Waals surface area contributed by atoms with Gasteiger partial charge in [0.25, 0.3) is 5.91 Å². The van der Waals surface area contributed by atoms with Crippen LogP contribution >= 0.6 is 0 Å². The zero-order chi connectivity index (χ0) is 12.8. The second kappa shape index (κ2) is 5.78. The van der Waals surface area contributed by atoms with Crippen LogP contribution in [-0.4, -0.2) is 38.5 Å². The van der Waals surface area contributed by atoms with Gasteiger partial charge in [-0.25, -0.2) is 4.68 Å². The van der Waals surface area contributed by atoms with Gasteiger partial charge >= 0.3 is 5.97 Å². The van der Waals surface area contributed by atoms with Crippen LogP contribution in [0.25, 0.3) is 0 Å². The molecule has 0 aliphatic heterocycles. The highest BCUT2D eigenvalue weighted by molar-refractivity contribution is 5.91. The van der Waals surface area contributed by atoms with E-state index in [0.29, 0.717) is 6.54 Å². The summed E-state index contributed by atoms with van der Waals surface area (Å²) in [6, 6.07) is 0. The van der Waals surface area contributed by atoms with Gasteiger partial charge < -0.3 is 10.4 Å². The third-order valence-electron chi connectivity index (χ3n) is 1.84. The van der Waals surface area contributed by atoms with E-state index in [-0.39, 0.29) is 18.1 Å². The van der Waals surface area contributed by atoms with Crippen LogP contribution in [-0.2, 0) is 11.3 Å². The summed E-state index contributed by atoms with van der Waals surface area (Å²) >= 11 is 0. The first-order chi connectivity index (χ1) is 7.99. The highest BCUT2D eigenvalue weighted by atomic mass is 16.4. The van der Waals surface area contributed by atoms with Crippen LogP contribution in [0.2, 0.25) is 0 Å². The number of nitrogens with one attached hydrogen (secondary N) is 1. The van der Waals surface area contributed by atoms with Crippen molar-refractivity contribution >= 4 is 11.9 Å². The van der Waals surface area contributed by atoms with Gasteiger partial charge in [0.1, 0.15) is 6.54 Å². The molecule has 92 valence electrons. The molecule has 0 unspecified atom stereocenters. The fraction of sp³-hybridized carbons (Fsp3) is 0.400. The number of amides is 1. The van der Waals surface area contributed by atoms with E-state index in [1.165, 1.54) is 6.20 Å². The van der Waals surface area contributed by atoms with Gasteiger partial charge in [0.15, 0.2) is 5.69 Å². The van der Waals surface area contributed by atoms with Gasteiger partial charge in [0, 0.05) is 6.54 Å². The number of aliphatic carboxylic acids is 1. The maximum absolute atomic E-state index is 11.5. The molecule has 0 spiro atoms. The molecule has 17 heavy (non-hydrogen) atoms. The van der Waals surface area contributed by atoms with Gasteiger partial charge in [0.2, 0.25) is 0 Å². The minimum Gasteiger partial charge on any atom is -0.480 e. The minimum absolute atomic E-state index is 0.105. The summed E-state index contributed by atoms with van der Waals surface area (Å²) in [6.45, 7) is 3.95. The SMILES string of the molecule is CC(C)=CCNC(=O)c1cn(CC(=O)O)nn1. The highest BCUT2D eigenvalue weighted by Crippen LogP contribution is 1.93. The number of carbonyl (C=O) groups excluding carboxylic acids is 1. The Labute approximate surface area is 98.1 Å². The lowest BCUT2D eigenvalue weighted by Crippen LogP contribution is -2.23. The van der Waals surface area contributed by atoms with Crippen molar-refractivity contribution in [1.82, 2.24) is 20.3 Å². The van der Waals surface area contributed by atoms with Gasteiger partial charge in [-0.2, -0.15) is 0 Å². The summed E-state index contributed by atoms with van der Waals surface area (Å²) in [7, 11) is 0. The van der Waals surface area contributed by atoms with Crippen LogP contribution in [0, 0.1) is 0 Å². The maximum Gasteiger partial charge on any atom is 0.325 e. The predicted octanol–water partition coefficient (Wildman–Crippen LogP) is 0.0587.